The SMILES string of the molecule is CC(C)(C)c1ccc2c(c1)C(=O)C(=O)c1cc(C(C)(C)C)ccc1-2. The second kappa shape index (κ2) is 5.14. The first kappa shape index (κ1) is 16.6. The molecule has 0 fully saturated rings. The molecule has 3 rings (SSSR count). The summed E-state index contributed by atoms with van der Waals surface area (Å²) in [5, 5.41) is 0. The molecule has 0 unspecified atom stereocenters. The Morgan fingerprint density at radius 1 is 0.542 bits per heavy atom. The third-order valence-corrected chi connectivity index (χ3v) is 4.76. The van der Waals surface area contributed by atoms with Crippen molar-refractivity contribution in [3.63, 3.8) is 0 Å². The molecule has 1 aliphatic rings. The molecule has 0 N–H and O–H groups in total. The van der Waals surface area contributed by atoms with Crippen LogP contribution in [0.5, 0.6) is 0 Å². The van der Waals surface area contributed by atoms with Gasteiger partial charge in [-0.2, -0.15) is 0 Å². The van der Waals surface area contributed by atoms with E-state index in [4.69, 9.17) is 0 Å². The molecule has 24 heavy (non-hydrogen) atoms. The van der Waals surface area contributed by atoms with E-state index in [1.54, 1.807) is 0 Å². The number of fused-ring (bicyclic) bond motifs is 3. The van der Waals surface area contributed by atoms with Crippen molar-refractivity contribution in [2.75, 3.05) is 0 Å². The molecule has 0 aliphatic heterocycles. The average Bonchev–Trinajstić information content (AvgIpc) is 2.49. The van der Waals surface area contributed by atoms with Crippen LogP contribution in [-0.2, 0) is 10.8 Å². The van der Waals surface area contributed by atoms with Crippen LogP contribution in [0.3, 0.4) is 0 Å². The number of Topliss-reactive ketones (excluding diaryl/α,β-unsaturated/α-hetero) is 2. The minimum atomic E-state index is -0.394. The fourth-order valence-corrected chi connectivity index (χ4v) is 3.11. The van der Waals surface area contributed by atoms with Gasteiger partial charge in [-0.05, 0) is 45.2 Å². The van der Waals surface area contributed by atoms with Gasteiger partial charge < -0.3 is 0 Å². The number of hydrogen-bond donors (Lipinski definition) is 0. The van der Waals surface area contributed by atoms with Gasteiger partial charge in [0.25, 0.3) is 0 Å². The first-order valence-corrected chi connectivity index (χ1v) is 8.38. The lowest BCUT2D eigenvalue weighted by atomic mass is 9.77. The molecule has 0 heterocycles. The molecule has 124 valence electrons. The van der Waals surface area contributed by atoms with Crippen molar-refractivity contribution in [1.82, 2.24) is 0 Å². The Bertz CT molecular complexity index is 785. The third kappa shape index (κ3) is 2.60. The summed E-state index contributed by atoms with van der Waals surface area (Å²) in [6.45, 7) is 12.6. The smallest absolute Gasteiger partial charge is 0.234 e. The first-order valence-electron chi connectivity index (χ1n) is 8.38. The van der Waals surface area contributed by atoms with Crippen molar-refractivity contribution in [2.45, 2.75) is 52.4 Å². The van der Waals surface area contributed by atoms with Crippen LogP contribution in [-0.4, -0.2) is 11.6 Å². The van der Waals surface area contributed by atoms with Gasteiger partial charge in [-0.1, -0.05) is 65.8 Å². The number of hydrogen-bond acceptors (Lipinski definition) is 2. The summed E-state index contributed by atoms with van der Waals surface area (Å²) in [4.78, 5) is 25.3. The Hall–Kier alpha value is -2.22. The molecule has 0 amide bonds. The lowest BCUT2D eigenvalue weighted by molar-refractivity contribution is 0.0815. The molecule has 2 aromatic rings. The Morgan fingerprint density at radius 3 is 1.17 bits per heavy atom. The van der Waals surface area contributed by atoms with Crippen molar-refractivity contribution in [3.8, 4) is 11.1 Å². The van der Waals surface area contributed by atoms with E-state index in [1.165, 1.54) is 0 Å². The molecular formula is C22H24O2. The number of rotatable bonds is 0. The van der Waals surface area contributed by atoms with Gasteiger partial charge >= 0.3 is 0 Å². The highest BCUT2D eigenvalue weighted by Crippen LogP contribution is 2.38. The van der Waals surface area contributed by atoms with E-state index in [0.29, 0.717) is 11.1 Å². The first-order chi connectivity index (χ1) is 11.0. The summed E-state index contributed by atoms with van der Waals surface area (Å²) in [7, 11) is 0. The highest BCUT2D eigenvalue weighted by molar-refractivity contribution is 6.53. The molecule has 2 heteroatoms. The Labute approximate surface area is 143 Å². The molecule has 0 bridgehead atoms. The van der Waals surface area contributed by atoms with Gasteiger partial charge in [-0.25, -0.2) is 0 Å². The van der Waals surface area contributed by atoms with E-state index < -0.39 is 11.6 Å². The maximum absolute atomic E-state index is 12.7. The monoisotopic (exact) mass is 320 g/mol. The van der Waals surface area contributed by atoms with Crippen LogP contribution in [0.25, 0.3) is 11.1 Å². The lowest BCUT2D eigenvalue weighted by Crippen LogP contribution is -2.24. The van der Waals surface area contributed by atoms with Crippen molar-refractivity contribution in [1.29, 1.82) is 0 Å². The average molecular weight is 320 g/mol. The zero-order valence-electron chi connectivity index (χ0n) is 15.3. The van der Waals surface area contributed by atoms with Crippen molar-refractivity contribution in [3.05, 3.63) is 58.7 Å². The summed E-state index contributed by atoms with van der Waals surface area (Å²) in [5.41, 5.74) is 4.80. The van der Waals surface area contributed by atoms with Crippen molar-refractivity contribution in [2.24, 2.45) is 0 Å². The van der Waals surface area contributed by atoms with Crippen LogP contribution in [0.15, 0.2) is 36.4 Å². The number of ketones is 2. The highest BCUT2D eigenvalue weighted by atomic mass is 16.2. The third-order valence-electron chi connectivity index (χ3n) is 4.76. The van der Waals surface area contributed by atoms with Gasteiger partial charge in [-0.15, -0.1) is 0 Å². The molecule has 2 nitrogen and oxygen atoms in total. The van der Waals surface area contributed by atoms with E-state index in [9.17, 15) is 9.59 Å². The molecule has 0 saturated carbocycles. The van der Waals surface area contributed by atoms with Crippen LogP contribution in [0.4, 0.5) is 0 Å². The molecule has 0 aromatic heterocycles. The molecular weight excluding hydrogens is 296 g/mol. The summed E-state index contributed by atoms with van der Waals surface area (Å²) >= 11 is 0. The van der Waals surface area contributed by atoms with Gasteiger partial charge in [-0.3, -0.25) is 9.59 Å². The van der Waals surface area contributed by atoms with Gasteiger partial charge in [0, 0.05) is 11.1 Å². The minimum Gasteiger partial charge on any atom is -0.285 e. The van der Waals surface area contributed by atoms with E-state index in [0.717, 1.165) is 22.3 Å². The standard InChI is InChI=1S/C22H24O2/c1-21(2,3)13-7-9-15-16-10-8-14(22(4,5)6)12-18(16)20(24)19(23)17(15)11-13/h7-12H,1-6H3. The second-order valence-electron chi connectivity index (χ2n) is 8.68. The zero-order valence-corrected chi connectivity index (χ0v) is 15.3. The van der Waals surface area contributed by atoms with Crippen LogP contribution in [0.1, 0.15) is 73.4 Å². The number of carbonyl (C=O) groups excluding carboxylic acids is 2. The van der Waals surface area contributed by atoms with Gasteiger partial charge in [0.1, 0.15) is 0 Å². The van der Waals surface area contributed by atoms with E-state index in [1.807, 2.05) is 24.3 Å². The quantitative estimate of drug-likeness (QED) is 0.615. The van der Waals surface area contributed by atoms with Crippen LogP contribution < -0.4 is 0 Å². The molecule has 0 atom stereocenters. The maximum atomic E-state index is 12.7. The summed E-state index contributed by atoms with van der Waals surface area (Å²) in [6, 6.07) is 11.9. The Balaban J connectivity index is 2.24. The maximum Gasteiger partial charge on any atom is 0.234 e. The van der Waals surface area contributed by atoms with E-state index >= 15 is 0 Å². The summed E-state index contributed by atoms with van der Waals surface area (Å²) in [5.74, 6) is -0.788. The number of carbonyl (C=O) groups is 2. The normalized spacial score (nSPS) is 14.4. The molecule has 0 spiro atoms. The van der Waals surface area contributed by atoms with Crippen LogP contribution in [0.2, 0.25) is 0 Å². The predicted octanol–water partition coefficient (Wildman–Crippen LogP) is 5.33. The second-order valence-corrected chi connectivity index (χ2v) is 8.68. The molecule has 0 radical (unpaired) electrons. The molecule has 0 saturated heterocycles. The van der Waals surface area contributed by atoms with Crippen LogP contribution >= 0.6 is 0 Å². The van der Waals surface area contributed by atoms with E-state index in [2.05, 4.69) is 53.7 Å². The fourth-order valence-electron chi connectivity index (χ4n) is 3.11. The topological polar surface area (TPSA) is 34.1 Å². The van der Waals surface area contributed by atoms with Crippen molar-refractivity contribution < 1.29 is 9.59 Å². The van der Waals surface area contributed by atoms with Gasteiger partial charge in [0.05, 0.1) is 0 Å². The minimum absolute atomic E-state index is 0.0608. The van der Waals surface area contributed by atoms with Gasteiger partial charge in [0.2, 0.25) is 11.6 Å². The molecule has 2 aromatic carbocycles. The molecule has 1 aliphatic carbocycles. The summed E-state index contributed by atoms with van der Waals surface area (Å²) < 4.78 is 0. The largest absolute Gasteiger partial charge is 0.285 e. The van der Waals surface area contributed by atoms with E-state index in [-0.39, 0.29) is 10.8 Å². The van der Waals surface area contributed by atoms with Crippen molar-refractivity contribution >= 4 is 11.6 Å². The number of benzene rings is 2. The predicted molar refractivity (Wildman–Crippen MR) is 97.9 cm³/mol. The Morgan fingerprint density at radius 2 is 0.875 bits per heavy atom. The summed E-state index contributed by atoms with van der Waals surface area (Å²) in [6.07, 6.45) is 0. The Kier molecular flexibility index (Phi) is 3.56. The lowest BCUT2D eigenvalue weighted by Gasteiger charge is -2.25. The fraction of sp³-hybridized carbons (Fsp3) is 0.364. The van der Waals surface area contributed by atoms with Gasteiger partial charge in [0.15, 0.2) is 0 Å². The van der Waals surface area contributed by atoms with Crippen LogP contribution in [0, 0.1) is 0 Å². The zero-order chi connectivity index (χ0) is 17.9. The highest BCUT2D eigenvalue weighted by Gasteiger charge is 2.32.